The maximum Gasteiger partial charge on any atom is 0.352 e. The van der Waals surface area contributed by atoms with Gasteiger partial charge >= 0.3 is 5.69 Å². The maximum absolute atomic E-state index is 12.5. The fraction of sp³-hybridized carbons (Fsp3) is 0.111. The summed E-state index contributed by atoms with van der Waals surface area (Å²) in [6.07, 6.45) is 0. The second-order valence-electron chi connectivity index (χ2n) is 5.80. The van der Waals surface area contributed by atoms with Crippen molar-refractivity contribution in [2.24, 2.45) is 7.05 Å². The second-order valence-corrected chi connectivity index (χ2v) is 6.21. The summed E-state index contributed by atoms with van der Waals surface area (Å²) in [5, 5.41) is 0.588. The van der Waals surface area contributed by atoms with Crippen molar-refractivity contribution in [3.8, 4) is 17.2 Å². The van der Waals surface area contributed by atoms with E-state index in [9.17, 15) is 9.59 Å². The lowest BCUT2D eigenvalue weighted by atomic mass is 10.2. The summed E-state index contributed by atoms with van der Waals surface area (Å²) in [6.45, 7) is 1.91. The number of halogens is 1. The van der Waals surface area contributed by atoms with E-state index < -0.39 is 11.2 Å². The molecule has 0 saturated heterocycles. The highest BCUT2D eigenvalue weighted by molar-refractivity contribution is 6.31. The van der Waals surface area contributed by atoms with Crippen LogP contribution in [0, 0.1) is 6.92 Å². The van der Waals surface area contributed by atoms with Crippen molar-refractivity contribution in [1.82, 2.24) is 19.1 Å². The van der Waals surface area contributed by atoms with Gasteiger partial charge in [0.1, 0.15) is 0 Å². The largest absolute Gasteiger partial charge is 0.352 e. The Labute approximate surface area is 147 Å². The van der Waals surface area contributed by atoms with Crippen molar-refractivity contribution in [2.45, 2.75) is 6.92 Å². The molecule has 2 aliphatic heterocycles. The highest BCUT2D eigenvalue weighted by atomic mass is 35.5. The summed E-state index contributed by atoms with van der Waals surface area (Å²) in [6, 6.07) is 12.9. The number of aromatic nitrogens is 4. The van der Waals surface area contributed by atoms with Crippen LogP contribution in [0.25, 0.3) is 28.2 Å². The van der Waals surface area contributed by atoms with Gasteiger partial charge in [0, 0.05) is 17.8 Å². The van der Waals surface area contributed by atoms with Crippen LogP contribution >= 0.6 is 11.6 Å². The number of hydrogen-bond donors (Lipinski definition) is 0. The minimum absolute atomic E-state index is 0.137. The Morgan fingerprint density at radius 3 is 2.56 bits per heavy atom. The van der Waals surface area contributed by atoms with Crippen LogP contribution in [0.1, 0.15) is 5.56 Å². The summed E-state index contributed by atoms with van der Waals surface area (Å²) in [5.74, 6) is 0.215. The standard InChI is InChI=1S/C18H13ClN4O2/c1-10-7-8-11(9-12(10)19)23-14-6-4-3-5-13(14)20-15-16(23)21-18(25)22(2)17(15)24/h3-9H,1-2H3. The fourth-order valence-electron chi connectivity index (χ4n) is 2.78. The zero-order valence-electron chi connectivity index (χ0n) is 13.5. The van der Waals surface area contributed by atoms with E-state index in [1.54, 1.807) is 10.6 Å². The highest BCUT2D eigenvalue weighted by Gasteiger charge is 2.21. The average Bonchev–Trinajstić information content (AvgIpc) is 2.61. The van der Waals surface area contributed by atoms with Crippen LogP contribution < -0.4 is 11.2 Å². The van der Waals surface area contributed by atoms with Crippen molar-refractivity contribution >= 4 is 22.6 Å². The molecule has 0 fully saturated rings. The van der Waals surface area contributed by atoms with Crippen molar-refractivity contribution < 1.29 is 0 Å². The van der Waals surface area contributed by atoms with Crippen LogP contribution in [0.3, 0.4) is 0 Å². The van der Waals surface area contributed by atoms with Crippen LogP contribution in [-0.2, 0) is 7.05 Å². The lowest BCUT2D eigenvalue weighted by Crippen LogP contribution is -2.36. The van der Waals surface area contributed by atoms with Gasteiger partial charge in [-0.05, 0) is 36.8 Å². The third-order valence-electron chi connectivity index (χ3n) is 4.19. The molecule has 7 heteroatoms. The molecule has 0 aromatic heterocycles. The molecule has 0 radical (unpaired) electrons. The summed E-state index contributed by atoms with van der Waals surface area (Å²) < 4.78 is 2.70. The van der Waals surface area contributed by atoms with Gasteiger partial charge in [0.25, 0.3) is 5.56 Å². The van der Waals surface area contributed by atoms with E-state index in [1.807, 2.05) is 43.3 Å². The van der Waals surface area contributed by atoms with E-state index in [0.717, 1.165) is 15.6 Å². The molecule has 0 amide bonds. The van der Waals surface area contributed by atoms with E-state index >= 15 is 0 Å². The Kier molecular flexibility index (Phi) is 3.43. The van der Waals surface area contributed by atoms with Gasteiger partial charge < -0.3 is 0 Å². The molecule has 2 aromatic carbocycles. The minimum Gasteiger partial charge on any atom is -0.291 e. The van der Waals surface area contributed by atoms with Gasteiger partial charge in [0.15, 0.2) is 11.5 Å². The zero-order chi connectivity index (χ0) is 17.7. The number of benzene rings is 2. The summed E-state index contributed by atoms with van der Waals surface area (Å²) in [4.78, 5) is 33.1. The molecule has 6 nitrogen and oxygen atoms in total. The van der Waals surface area contributed by atoms with Gasteiger partial charge in [-0.3, -0.25) is 13.9 Å². The van der Waals surface area contributed by atoms with Crippen LogP contribution in [0.5, 0.6) is 0 Å². The molecule has 0 unspecified atom stereocenters. The first-order chi connectivity index (χ1) is 12.0. The Morgan fingerprint density at radius 2 is 1.80 bits per heavy atom. The highest BCUT2D eigenvalue weighted by Crippen LogP contribution is 2.27. The molecule has 0 saturated carbocycles. The first kappa shape index (κ1) is 15.5. The third kappa shape index (κ3) is 2.34. The van der Waals surface area contributed by atoms with E-state index in [0.29, 0.717) is 16.2 Å². The zero-order valence-corrected chi connectivity index (χ0v) is 14.3. The van der Waals surface area contributed by atoms with Gasteiger partial charge in [-0.15, -0.1) is 0 Å². The Balaban J connectivity index is 2.25. The van der Waals surface area contributed by atoms with Gasteiger partial charge in [-0.1, -0.05) is 29.8 Å². The van der Waals surface area contributed by atoms with Crippen molar-refractivity contribution in [3.63, 3.8) is 0 Å². The Hall–Kier alpha value is -2.99. The second kappa shape index (κ2) is 5.53. The average molecular weight is 353 g/mol. The normalized spacial score (nSPS) is 11.3. The SMILES string of the molecule is Cc1ccc(-n2c3nc(=O)n(C)c(=O)c-3nc3ccccc32)cc1Cl. The van der Waals surface area contributed by atoms with E-state index in [1.165, 1.54) is 7.05 Å². The lowest BCUT2D eigenvalue weighted by molar-refractivity contribution is 0.759. The number of aryl methyl sites for hydroxylation is 1. The monoisotopic (exact) mass is 352 g/mol. The molecule has 2 heterocycles. The smallest absolute Gasteiger partial charge is 0.291 e. The molecular formula is C18H13ClN4O2. The molecular weight excluding hydrogens is 340 g/mol. The molecule has 25 heavy (non-hydrogen) atoms. The maximum atomic E-state index is 12.5. The van der Waals surface area contributed by atoms with Crippen molar-refractivity contribution in [2.75, 3.05) is 0 Å². The predicted molar refractivity (Wildman–Crippen MR) is 96.7 cm³/mol. The van der Waals surface area contributed by atoms with Gasteiger partial charge in [-0.2, -0.15) is 4.98 Å². The van der Waals surface area contributed by atoms with Gasteiger partial charge in [-0.25, -0.2) is 9.78 Å². The Morgan fingerprint density at radius 1 is 1.04 bits per heavy atom. The quantitative estimate of drug-likeness (QED) is 0.494. The number of nitrogens with zero attached hydrogens (tertiary/aromatic N) is 4. The molecule has 4 rings (SSSR count). The first-order valence-corrected chi connectivity index (χ1v) is 8.00. The number of fused-ring (bicyclic) bond motifs is 2. The predicted octanol–water partition coefficient (Wildman–Crippen LogP) is 2.55. The molecule has 0 bridgehead atoms. The van der Waals surface area contributed by atoms with Crippen LogP contribution in [-0.4, -0.2) is 19.1 Å². The molecule has 0 spiro atoms. The molecule has 124 valence electrons. The van der Waals surface area contributed by atoms with Crippen LogP contribution in [0.2, 0.25) is 5.02 Å². The number of para-hydroxylation sites is 2. The minimum atomic E-state index is -0.624. The van der Waals surface area contributed by atoms with Crippen molar-refractivity contribution in [3.05, 3.63) is 73.9 Å². The number of hydrogen-bond acceptors (Lipinski definition) is 4. The summed E-state index contributed by atoms with van der Waals surface area (Å²) in [7, 11) is 1.39. The van der Waals surface area contributed by atoms with Crippen molar-refractivity contribution in [1.29, 1.82) is 0 Å². The molecule has 0 atom stereocenters. The summed E-state index contributed by atoms with van der Waals surface area (Å²) in [5.41, 5.74) is 2.03. The van der Waals surface area contributed by atoms with E-state index in [4.69, 9.17) is 11.6 Å². The van der Waals surface area contributed by atoms with Gasteiger partial charge in [0.05, 0.1) is 11.0 Å². The molecule has 0 aliphatic carbocycles. The fourth-order valence-corrected chi connectivity index (χ4v) is 2.95. The lowest BCUT2D eigenvalue weighted by Gasteiger charge is -2.17. The van der Waals surface area contributed by atoms with Crippen LogP contribution in [0.15, 0.2) is 52.1 Å². The van der Waals surface area contributed by atoms with Gasteiger partial charge in [0.2, 0.25) is 0 Å². The van der Waals surface area contributed by atoms with Crippen LogP contribution in [0.4, 0.5) is 0 Å². The first-order valence-electron chi connectivity index (χ1n) is 7.62. The number of rotatable bonds is 1. The summed E-state index contributed by atoms with van der Waals surface area (Å²) >= 11 is 6.28. The topological polar surface area (TPSA) is 69.8 Å². The molecule has 2 aliphatic rings. The Bertz CT molecular complexity index is 1230. The molecule has 2 aromatic rings. The third-order valence-corrected chi connectivity index (χ3v) is 4.60. The van der Waals surface area contributed by atoms with E-state index in [-0.39, 0.29) is 11.5 Å². The van der Waals surface area contributed by atoms with E-state index in [2.05, 4.69) is 9.97 Å². The molecule has 0 N–H and O–H groups in total.